The number of hydrogen-bond acceptors (Lipinski definition) is 4. The van der Waals surface area contributed by atoms with Crippen LogP contribution in [0.4, 0.5) is 0 Å². The van der Waals surface area contributed by atoms with Gasteiger partial charge < -0.3 is 0 Å². The van der Waals surface area contributed by atoms with E-state index in [2.05, 4.69) is 5.10 Å². The summed E-state index contributed by atoms with van der Waals surface area (Å²) in [7, 11) is 0. The topological polar surface area (TPSA) is 65.1 Å². The van der Waals surface area contributed by atoms with E-state index in [0.29, 0.717) is 27.4 Å². The predicted octanol–water partition coefficient (Wildman–Crippen LogP) is 3.85. The smallest absolute Gasteiger partial charge is 0.216 e. The second kappa shape index (κ2) is 5.62. The van der Waals surface area contributed by atoms with Gasteiger partial charge in [0.1, 0.15) is 16.9 Å². The van der Waals surface area contributed by atoms with E-state index in [0.717, 1.165) is 22.5 Å². The molecule has 3 aromatic heterocycles. The molecular formula is C20H14ClN5O. The molecule has 0 aliphatic rings. The first-order chi connectivity index (χ1) is 13.0. The first kappa shape index (κ1) is 16.0. The molecule has 27 heavy (non-hydrogen) atoms. The van der Waals surface area contributed by atoms with Gasteiger partial charge >= 0.3 is 0 Å². The van der Waals surface area contributed by atoms with Gasteiger partial charge in [-0.15, -0.1) is 0 Å². The summed E-state index contributed by atoms with van der Waals surface area (Å²) in [4.78, 5) is 22.4. The van der Waals surface area contributed by atoms with Gasteiger partial charge in [0.2, 0.25) is 5.43 Å². The van der Waals surface area contributed by atoms with E-state index in [1.807, 2.05) is 47.7 Å². The Morgan fingerprint density at radius 2 is 1.67 bits per heavy atom. The highest BCUT2D eigenvalue weighted by atomic mass is 35.5. The molecule has 5 rings (SSSR count). The summed E-state index contributed by atoms with van der Waals surface area (Å²) in [5.74, 6) is 0.735. The Hall–Kier alpha value is -3.25. The summed E-state index contributed by atoms with van der Waals surface area (Å²) in [5, 5.41) is 5.55. The quantitative estimate of drug-likeness (QED) is 0.446. The van der Waals surface area contributed by atoms with Gasteiger partial charge in [0.05, 0.1) is 16.7 Å². The second-order valence-corrected chi connectivity index (χ2v) is 6.86. The Labute approximate surface area is 158 Å². The molecule has 0 bridgehead atoms. The molecule has 0 unspecified atom stereocenters. The number of imidazole rings is 1. The molecule has 0 aliphatic heterocycles. The van der Waals surface area contributed by atoms with Crippen molar-refractivity contribution in [2.45, 2.75) is 13.8 Å². The number of nitrogens with zero attached hydrogens (tertiary/aromatic N) is 5. The first-order valence-electron chi connectivity index (χ1n) is 8.48. The third-order valence-electron chi connectivity index (χ3n) is 4.68. The van der Waals surface area contributed by atoms with Crippen LogP contribution in [0.5, 0.6) is 0 Å². The summed E-state index contributed by atoms with van der Waals surface area (Å²) in [6.45, 7) is 3.60. The number of rotatable bonds is 1. The monoisotopic (exact) mass is 375 g/mol. The summed E-state index contributed by atoms with van der Waals surface area (Å²) in [6, 6.07) is 15.0. The Morgan fingerprint density at radius 1 is 0.926 bits per heavy atom. The Bertz CT molecular complexity index is 1420. The van der Waals surface area contributed by atoms with Gasteiger partial charge in [0.25, 0.3) is 0 Å². The molecule has 3 heterocycles. The van der Waals surface area contributed by atoms with Gasteiger partial charge in [-0.2, -0.15) is 5.10 Å². The number of aromatic nitrogens is 5. The van der Waals surface area contributed by atoms with Crippen LogP contribution in [0.15, 0.2) is 53.3 Å². The molecular weight excluding hydrogens is 362 g/mol. The molecule has 132 valence electrons. The van der Waals surface area contributed by atoms with Crippen LogP contribution in [-0.4, -0.2) is 24.1 Å². The minimum absolute atomic E-state index is 0.164. The molecule has 0 radical (unpaired) electrons. The number of aryl methyl sites for hydroxylation is 2. The van der Waals surface area contributed by atoms with Gasteiger partial charge in [0.15, 0.2) is 11.3 Å². The van der Waals surface area contributed by atoms with Crippen molar-refractivity contribution in [3.8, 4) is 5.69 Å². The standard InChI is InChI=1S/C20H14ClN5O/c1-11-18(27)17-19-23-15-5-3-4-6-16(15)25(19)12(2)22-20(17)26(24-11)14-9-7-13(21)8-10-14/h3-10H,1-2H3. The summed E-state index contributed by atoms with van der Waals surface area (Å²) in [5.41, 5.74) is 3.82. The molecule has 0 aliphatic carbocycles. The van der Waals surface area contributed by atoms with Crippen LogP contribution in [0.1, 0.15) is 11.5 Å². The van der Waals surface area contributed by atoms with Crippen molar-refractivity contribution < 1.29 is 0 Å². The van der Waals surface area contributed by atoms with Crippen LogP contribution in [0.3, 0.4) is 0 Å². The van der Waals surface area contributed by atoms with Crippen LogP contribution < -0.4 is 5.43 Å². The SMILES string of the molecule is Cc1nn(-c2ccc(Cl)cc2)c2nc(C)n3c4ccccc4nc3c2c1=O. The molecule has 6 nitrogen and oxygen atoms in total. The maximum Gasteiger partial charge on any atom is 0.216 e. The van der Waals surface area contributed by atoms with Crippen molar-refractivity contribution in [2.75, 3.05) is 0 Å². The fraction of sp³-hybridized carbons (Fsp3) is 0.100. The average molecular weight is 376 g/mol. The molecule has 0 fully saturated rings. The van der Waals surface area contributed by atoms with Gasteiger partial charge in [-0.05, 0) is 50.2 Å². The highest BCUT2D eigenvalue weighted by molar-refractivity contribution is 6.30. The highest BCUT2D eigenvalue weighted by Gasteiger charge is 2.18. The molecule has 0 saturated carbocycles. The number of fused-ring (bicyclic) bond motifs is 5. The van der Waals surface area contributed by atoms with Crippen molar-refractivity contribution in [2.24, 2.45) is 0 Å². The van der Waals surface area contributed by atoms with Crippen LogP contribution in [0.25, 0.3) is 33.4 Å². The van der Waals surface area contributed by atoms with Crippen molar-refractivity contribution in [3.05, 3.63) is 75.3 Å². The molecule has 0 N–H and O–H groups in total. The minimum atomic E-state index is -0.164. The van der Waals surface area contributed by atoms with E-state index in [9.17, 15) is 4.79 Å². The Morgan fingerprint density at radius 3 is 2.44 bits per heavy atom. The minimum Gasteiger partial charge on any atom is -0.287 e. The van der Waals surface area contributed by atoms with Gasteiger partial charge in [-0.1, -0.05) is 23.7 Å². The fourth-order valence-electron chi connectivity index (χ4n) is 3.42. The number of para-hydroxylation sites is 2. The summed E-state index contributed by atoms with van der Waals surface area (Å²) < 4.78 is 3.60. The van der Waals surface area contributed by atoms with Crippen molar-refractivity contribution in [1.29, 1.82) is 0 Å². The predicted molar refractivity (Wildman–Crippen MR) is 106 cm³/mol. The highest BCUT2D eigenvalue weighted by Crippen LogP contribution is 2.24. The number of benzene rings is 2. The van der Waals surface area contributed by atoms with Gasteiger partial charge in [0, 0.05) is 5.02 Å². The van der Waals surface area contributed by atoms with Crippen molar-refractivity contribution in [1.82, 2.24) is 24.1 Å². The van der Waals surface area contributed by atoms with Crippen molar-refractivity contribution in [3.63, 3.8) is 0 Å². The van der Waals surface area contributed by atoms with Gasteiger partial charge in [-0.25, -0.2) is 14.6 Å². The summed E-state index contributed by atoms with van der Waals surface area (Å²) >= 11 is 6.01. The van der Waals surface area contributed by atoms with Gasteiger partial charge in [-0.3, -0.25) is 9.20 Å². The lowest BCUT2D eigenvalue weighted by Gasteiger charge is -2.12. The average Bonchev–Trinajstić information content (AvgIpc) is 3.05. The molecule has 0 spiro atoms. The largest absolute Gasteiger partial charge is 0.287 e. The zero-order chi connectivity index (χ0) is 18.7. The fourth-order valence-corrected chi connectivity index (χ4v) is 3.55. The normalized spacial score (nSPS) is 11.7. The van der Waals surface area contributed by atoms with E-state index in [1.165, 1.54) is 0 Å². The van der Waals surface area contributed by atoms with E-state index < -0.39 is 0 Å². The third-order valence-corrected chi connectivity index (χ3v) is 4.93. The zero-order valence-electron chi connectivity index (χ0n) is 14.6. The molecule has 2 aromatic carbocycles. The van der Waals surface area contributed by atoms with E-state index in [1.54, 1.807) is 23.7 Å². The van der Waals surface area contributed by atoms with E-state index in [-0.39, 0.29) is 5.43 Å². The lowest BCUT2D eigenvalue weighted by Crippen LogP contribution is -2.19. The zero-order valence-corrected chi connectivity index (χ0v) is 15.4. The van der Waals surface area contributed by atoms with Crippen LogP contribution in [0.2, 0.25) is 5.02 Å². The first-order valence-corrected chi connectivity index (χ1v) is 8.86. The number of halogens is 1. The van der Waals surface area contributed by atoms with Crippen LogP contribution in [-0.2, 0) is 0 Å². The lowest BCUT2D eigenvalue weighted by molar-refractivity contribution is 0.827. The van der Waals surface area contributed by atoms with E-state index >= 15 is 0 Å². The Kier molecular flexibility index (Phi) is 3.32. The maximum absolute atomic E-state index is 13.0. The molecule has 0 amide bonds. The van der Waals surface area contributed by atoms with Crippen LogP contribution >= 0.6 is 11.6 Å². The molecule has 5 aromatic rings. The molecule has 7 heteroatoms. The molecule has 0 saturated heterocycles. The lowest BCUT2D eigenvalue weighted by atomic mass is 10.2. The van der Waals surface area contributed by atoms with E-state index in [4.69, 9.17) is 21.6 Å². The maximum atomic E-state index is 13.0. The third kappa shape index (κ3) is 2.27. The van der Waals surface area contributed by atoms with Crippen LogP contribution in [0, 0.1) is 13.8 Å². The summed E-state index contributed by atoms with van der Waals surface area (Å²) in [6.07, 6.45) is 0. The second-order valence-electron chi connectivity index (χ2n) is 6.42. The van der Waals surface area contributed by atoms with Crippen molar-refractivity contribution >= 4 is 39.3 Å². The molecule has 0 atom stereocenters. The number of hydrogen-bond donors (Lipinski definition) is 0. The Balaban J connectivity index is 2.01.